The van der Waals surface area contributed by atoms with Crippen LogP contribution < -0.4 is 10.1 Å². The molecule has 2 aromatic carbocycles. The standard InChI is InChI=1S/C16H11Cl3N2O2S/c17-9-5-11(19)13(6-10(9)18)23-8-15(22)20-7-16-21-12-3-1-2-4-14(12)24-16/h1-6H,7-8H2,(H,20,22). The van der Waals surface area contributed by atoms with Gasteiger partial charge in [0.2, 0.25) is 0 Å². The first-order valence-electron chi connectivity index (χ1n) is 6.91. The Kier molecular flexibility index (Phi) is 5.46. The van der Waals surface area contributed by atoms with Crippen LogP contribution in [0, 0.1) is 0 Å². The van der Waals surface area contributed by atoms with Crippen molar-refractivity contribution < 1.29 is 9.53 Å². The lowest BCUT2D eigenvalue weighted by molar-refractivity contribution is -0.123. The Labute approximate surface area is 157 Å². The van der Waals surface area contributed by atoms with Gasteiger partial charge < -0.3 is 10.1 Å². The fourth-order valence-corrected chi connectivity index (χ4v) is 3.48. The molecule has 0 saturated heterocycles. The quantitative estimate of drug-likeness (QED) is 0.615. The number of hydrogen-bond acceptors (Lipinski definition) is 4. The third kappa shape index (κ3) is 4.11. The molecule has 1 amide bonds. The van der Waals surface area contributed by atoms with Crippen LogP contribution in [0.3, 0.4) is 0 Å². The molecule has 0 aliphatic carbocycles. The lowest BCUT2D eigenvalue weighted by atomic mass is 10.3. The molecular formula is C16H11Cl3N2O2S. The molecule has 1 aromatic heterocycles. The van der Waals surface area contributed by atoms with Crippen molar-refractivity contribution in [3.8, 4) is 5.75 Å². The van der Waals surface area contributed by atoms with Gasteiger partial charge in [0, 0.05) is 6.07 Å². The van der Waals surface area contributed by atoms with E-state index in [2.05, 4.69) is 10.3 Å². The predicted octanol–water partition coefficient (Wildman–Crippen LogP) is 4.95. The molecule has 24 heavy (non-hydrogen) atoms. The molecule has 0 bridgehead atoms. The summed E-state index contributed by atoms with van der Waals surface area (Å²) in [6.45, 7) is 0.166. The summed E-state index contributed by atoms with van der Waals surface area (Å²) in [4.78, 5) is 16.4. The van der Waals surface area contributed by atoms with Crippen LogP contribution in [-0.4, -0.2) is 17.5 Å². The zero-order valence-electron chi connectivity index (χ0n) is 12.2. The smallest absolute Gasteiger partial charge is 0.258 e. The summed E-state index contributed by atoms with van der Waals surface area (Å²) in [7, 11) is 0. The van der Waals surface area contributed by atoms with Crippen LogP contribution in [0.2, 0.25) is 15.1 Å². The third-order valence-electron chi connectivity index (χ3n) is 3.11. The number of fused-ring (bicyclic) bond motifs is 1. The monoisotopic (exact) mass is 400 g/mol. The average Bonchev–Trinajstić information content (AvgIpc) is 2.98. The van der Waals surface area contributed by atoms with Crippen molar-refractivity contribution in [3.63, 3.8) is 0 Å². The van der Waals surface area contributed by atoms with Crippen LogP contribution in [0.5, 0.6) is 5.75 Å². The van der Waals surface area contributed by atoms with Gasteiger partial charge in [0.25, 0.3) is 5.91 Å². The second-order valence-corrected chi connectivity index (χ2v) is 7.17. The Balaban J connectivity index is 1.55. The van der Waals surface area contributed by atoms with Gasteiger partial charge in [-0.1, -0.05) is 46.9 Å². The first-order chi connectivity index (χ1) is 11.5. The van der Waals surface area contributed by atoms with E-state index in [1.165, 1.54) is 23.5 Å². The number of carbonyl (C=O) groups excluding carboxylic acids is 1. The number of carbonyl (C=O) groups is 1. The zero-order valence-corrected chi connectivity index (χ0v) is 15.3. The number of amides is 1. The molecule has 124 valence electrons. The van der Waals surface area contributed by atoms with Gasteiger partial charge in [0.1, 0.15) is 10.8 Å². The van der Waals surface area contributed by atoms with E-state index in [1.54, 1.807) is 0 Å². The maximum absolute atomic E-state index is 11.9. The molecule has 4 nitrogen and oxygen atoms in total. The second-order valence-electron chi connectivity index (χ2n) is 4.84. The van der Waals surface area contributed by atoms with Crippen LogP contribution in [0.15, 0.2) is 36.4 Å². The molecule has 0 aliphatic rings. The fraction of sp³-hybridized carbons (Fsp3) is 0.125. The minimum absolute atomic E-state index is 0.178. The molecule has 0 saturated carbocycles. The summed E-state index contributed by atoms with van der Waals surface area (Å²) < 4.78 is 6.46. The number of nitrogens with zero attached hydrogens (tertiary/aromatic N) is 1. The van der Waals surface area contributed by atoms with E-state index in [0.717, 1.165) is 15.2 Å². The first kappa shape index (κ1) is 17.3. The number of aromatic nitrogens is 1. The van der Waals surface area contributed by atoms with Crippen molar-refractivity contribution in [2.24, 2.45) is 0 Å². The van der Waals surface area contributed by atoms with Gasteiger partial charge in [-0.15, -0.1) is 11.3 Å². The van der Waals surface area contributed by atoms with Gasteiger partial charge in [-0.25, -0.2) is 4.98 Å². The van der Waals surface area contributed by atoms with Crippen molar-refractivity contribution in [1.82, 2.24) is 10.3 Å². The minimum atomic E-state index is -0.281. The maximum Gasteiger partial charge on any atom is 0.258 e. The molecule has 0 atom stereocenters. The highest BCUT2D eigenvalue weighted by Gasteiger charge is 2.10. The molecular weight excluding hydrogens is 391 g/mol. The average molecular weight is 402 g/mol. The van der Waals surface area contributed by atoms with Gasteiger partial charge >= 0.3 is 0 Å². The number of hydrogen-bond donors (Lipinski definition) is 1. The Bertz CT molecular complexity index is 865. The van der Waals surface area contributed by atoms with E-state index in [9.17, 15) is 4.79 Å². The number of rotatable bonds is 5. The van der Waals surface area contributed by atoms with Crippen LogP contribution in [-0.2, 0) is 11.3 Å². The molecule has 3 rings (SSSR count). The van der Waals surface area contributed by atoms with E-state index < -0.39 is 0 Å². The first-order valence-corrected chi connectivity index (χ1v) is 8.86. The largest absolute Gasteiger partial charge is 0.482 e. The van der Waals surface area contributed by atoms with E-state index in [0.29, 0.717) is 27.4 Å². The van der Waals surface area contributed by atoms with Gasteiger partial charge in [0.05, 0.1) is 31.8 Å². The van der Waals surface area contributed by atoms with Crippen LogP contribution >= 0.6 is 46.1 Å². The number of halogens is 3. The topological polar surface area (TPSA) is 51.2 Å². The number of nitrogens with one attached hydrogen (secondary N) is 1. The highest BCUT2D eigenvalue weighted by Crippen LogP contribution is 2.33. The van der Waals surface area contributed by atoms with Crippen molar-refractivity contribution in [3.05, 3.63) is 56.5 Å². The maximum atomic E-state index is 11.9. The zero-order chi connectivity index (χ0) is 17.1. The number of ether oxygens (including phenoxy) is 1. The Morgan fingerprint density at radius 2 is 1.88 bits per heavy atom. The molecule has 0 fully saturated rings. The lowest BCUT2D eigenvalue weighted by Gasteiger charge is -2.09. The third-order valence-corrected chi connectivity index (χ3v) is 5.16. The van der Waals surface area contributed by atoms with Crippen molar-refractivity contribution in [2.45, 2.75) is 6.54 Å². The fourth-order valence-electron chi connectivity index (χ4n) is 1.98. The summed E-state index contributed by atoms with van der Waals surface area (Å²) in [5, 5.41) is 4.52. The van der Waals surface area contributed by atoms with Gasteiger partial charge in [-0.05, 0) is 18.2 Å². The normalized spacial score (nSPS) is 10.8. The molecule has 3 aromatic rings. The van der Waals surface area contributed by atoms with Crippen molar-refractivity contribution in [1.29, 1.82) is 0 Å². The summed E-state index contributed by atoms with van der Waals surface area (Å²) in [6.07, 6.45) is 0. The molecule has 0 unspecified atom stereocenters. The lowest BCUT2D eigenvalue weighted by Crippen LogP contribution is -2.28. The van der Waals surface area contributed by atoms with Crippen LogP contribution in [0.1, 0.15) is 5.01 Å². The van der Waals surface area contributed by atoms with E-state index >= 15 is 0 Å². The highest BCUT2D eigenvalue weighted by molar-refractivity contribution is 7.18. The second kappa shape index (κ2) is 7.57. The van der Waals surface area contributed by atoms with Gasteiger partial charge in [-0.3, -0.25) is 4.79 Å². The molecule has 1 heterocycles. The van der Waals surface area contributed by atoms with E-state index in [-0.39, 0.29) is 12.5 Å². The summed E-state index contributed by atoms with van der Waals surface area (Å²) >= 11 is 19.3. The van der Waals surface area contributed by atoms with Crippen LogP contribution in [0.25, 0.3) is 10.2 Å². The SMILES string of the molecule is O=C(COc1cc(Cl)c(Cl)cc1Cl)NCc1nc2ccccc2s1. The van der Waals surface area contributed by atoms with Crippen molar-refractivity contribution >= 4 is 62.3 Å². The molecule has 0 aliphatic heterocycles. The minimum Gasteiger partial charge on any atom is -0.482 e. The van der Waals surface area contributed by atoms with Crippen molar-refractivity contribution in [2.75, 3.05) is 6.61 Å². The predicted molar refractivity (Wildman–Crippen MR) is 98.4 cm³/mol. The molecule has 0 spiro atoms. The Morgan fingerprint density at radius 1 is 1.12 bits per heavy atom. The molecule has 1 N–H and O–H groups in total. The molecule has 8 heteroatoms. The highest BCUT2D eigenvalue weighted by atomic mass is 35.5. The van der Waals surface area contributed by atoms with Gasteiger partial charge in [0.15, 0.2) is 6.61 Å². The van der Waals surface area contributed by atoms with E-state index in [1.807, 2.05) is 24.3 Å². The van der Waals surface area contributed by atoms with Gasteiger partial charge in [-0.2, -0.15) is 0 Å². The molecule has 0 radical (unpaired) electrons. The number of thiazole rings is 1. The summed E-state index contributed by atoms with van der Waals surface area (Å²) in [5.74, 6) is 0.0256. The van der Waals surface area contributed by atoms with Crippen LogP contribution in [0.4, 0.5) is 0 Å². The number of benzene rings is 2. The van der Waals surface area contributed by atoms with E-state index in [4.69, 9.17) is 39.5 Å². The summed E-state index contributed by atoms with van der Waals surface area (Å²) in [5.41, 5.74) is 0.922. The Morgan fingerprint density at radius 3 is 2.67 bits per heavy atom. The number of para-hydroxylation sites is 1. The summed E-state index contributed by atoms with van der Waals surface area (Å²) in [6, 6.07) is 10.8. The Hall–Kier alpha value is -1.53.